The quantitative estimate of drug-likeness (QED) is 0.310. The molecule has 2 saturated carbocycles. The molecule has 0 heterocycles. The van der Waals surface area contributed by atoms with E-state index in [2.05, 4.69) is 0 Å². The normalized spacial score (nSPS) is 26.8. The third-order valence-electron chi connectivity index (χ3n) is 7.40. The van der Waals surface area contributed by atoms with Crippen molar-refractivity contribution in [3.05, 3.63) is 12.2 Å². The van der Waals surface area contributed by atoms with Gasteiger partial charge in [0.25, 0.3) is 6.47 Å². The van der Waals surface area contributed by atoms with Crippen LogP contribution in [0.2, 0.25) is 0 Å². The van der Waals surface area contributed by atoms with E-state index in [4.69, 9.17) is 4.74 Å². The Hall–Kier alpha value is -1.98. The number of hydrogen-bond acceptors (Lipinski definition) is 5. The molecule has 0 spiro atoms. The van der Waals surface area contributed by atoms with Crippen LogP contribution in [-0.2, 0) is 23.9 Å². The van der Waals surface area contributed by atoms with Gasteiger partial charge in [-0.05, 0) is 85.5 Å². The van der Waals surface area contributed by atoms with Crippen LogP contribution >= 0.6 is 0 Å². The van der Waals surface area contributed by atoms with E-state index >= 15 is 0 Å². The second-order valence-corrected chi connectivity index (χ2v) is 10.9. The second-order valence-electron chi connectivity index (χ2n) is 10.9. The summed E-state index contributed by atoms with van der Waals surface area (Å²) in [5.74, 6) is -0.418. The Labute approximate surface area is 192 Å². The van der Waals surface area contributed by atoms with Crippen molar-refractivity contribution in [3.8, 4) is 0 Å². The molecule has 6 heteroatoms. The number of carboxylic acid groups (broad SMARTS) is 1. The van der Waals surface area contributed by atoms with Gasteiger partial charge in [-0.25, -0.2) is 0 Å². The number of ketones is 2. The van der Waals surface area contributed by atoms with Crippen LogP contribution in [0, 0.1) is 29.1 Å². The molecule has 2 aliphatic carbocycles. The summed E-state index contributed by atoms with van der Waals surface area (Å²) in [6.07, 6.45) is 11.7. The fraction of sp³-hybridized carbons (Fsp3) is 0.769. The summed E-state index contributed by atoms with van der Waals surface area (Å²) in [5, 5.41) is 9.22. The minimum Gasteiger partial charge on any atom is -0.481 e. The first kappa shape index (κ1) is 26.3. The van der Waals surface area contributed by atoms with Crippen molar-refractivity contribution in [2.45, 2.75) is 97.5 Å². The molecule has 2 aliphatic rings. The number of aliphatic carboxylic acids is 1. The van der Waals surface area contributed by atoms with E-state index in [-0.39, 0.29) is 35.2 Å². The molecule has 0 aromatic carbocycles. The number of rotatable bonds is 13. The fourth-order valence-corrected chi connectivity index (χ4v) is 5.02. The van der Waals surface area contributed by atoms with Gasteiger partial charge < -0.3 is 9.84 Å². The Balaban J connectivity index is 1.76. The predicted octanol–water partition coefficient (Wildman–Crippen LogP) is 5.14. The maximum atomic E-state index is 12.8. The van der Waals surface area contributed by atoms with E-state index in [9.17, 15) is 24.3 Å². The molecule has 6 nitrogen and oxygen atoms in total. The van der Waals surface area contributed by atoms with E-state index in [0.29, 0.717) is 12.9 Å². The third-order valence-corrected chi connectivity index (χ3v) is 7.40. The summed E-state index contributed by atoms with van der Waals surface area (Å²) in [6, 6.07) is 0. The molecule has 2 rings (SSSR count). The topological polar surface area (TPSA) is 97.7 Å². The monoisotopic (exact) mass is 448 g/mol. The van der Waals surface area contributed by atoms with Crippen molar-refractivity contribution in [2.24, 2.45) is 29.1 Å². The van der Waals surface area contributed by atoms with Gasteiger partial charge in [-0.15, -0.1) is 0 Å². The molecule has 0 saturated heterocycles. The minimum atomic E-state index is -0.798. The number of Topliss-reactive ketones (excluding diaryl/α,β-unsaturated/α-hetero) is 2. The summed E-state index contributed by atoms with van der Waals surface area (Å²) < 4.78 is 5.07. The summed E-state index contributed by atoms with van der Waals surface area (Å²) in [5.41, 5.74) is -1.25. The first-order valence-electron chi connectivity index (χ1n) is 12.1. The van der Waals surface area contributed by atoms with Crippen LogP contribution in [0.3, 0.4) is 0 Å². The standard InChI is InChI=1S/C26H40O6/c1-25(2,24(30)31)15-5-7-18-9-11-20(22(18)28)13-14-21-12-10-19(23(21)29)8-6-16-26(3,4)32-17-27/h13-14,17-21H,5-12,15-16H2,1-4H3,(H,30,31)/b14-13-. The molecule has 0 aliphatic heterocycles. The maximum Gasteiger partial charge on any atom is 0.309 e. The van der Waals surface area contributed by atoms with Crippen LogP contribution in [0.4, 0.5) is 0 Å². The molecule has 4 atom stereocenters. The Morgan fingerprint density at radius 2 is 1.38 bits per heavy atom. The molecule has 0 amide bonds. The Bertz CT molecular complexity index is 720. The smallest absolute Gasteiger partial charge is 0.309 e. The van der Waals surface area contributed by atoms with Gasteiger partial charge in [-0.2, -0.15) is 0 Å². The van der Waals surface area contributed by atoms with Crippen LogP contribution < -0.4 is 0 Å². The molecule has 0 bridgehead atoms. The van der Waals surface area contributed by atoms with Crippen LogP contribution in [0.5, 0.6) is 0 Å². The number of ether oxygens (including phenoxy) is 1. The molecular weight excluding hydrogens is 408 g/mol. The predicted molar refractivity (Wildman–Crippen MR) is 122 cm³/mol. The van der Waals surface area contributed by atoms with Crippen molar-refractivity contribution in [1.29, 1.82) is 0 Å². The zero-order valence-electron chi connectivity index (χ0n) is 20.1. The van der Waals surface area contributed by atoms with Gasteiger partial charge in [-0.3, -0.25) is 19.2 Å². The number of allylic oxidation sites excluding steroid dienone is 2. The first-order chi connectivity index (χ1) is 15.0. The molecule has 180 valence electrons. The third kappa shape index (κ3) is 7.28. The van der Waals surface area contributed by atoms with Gasteiger partial charge >= 0.3 is 5.97 Å². The number of carbonyl (C=O) groups excluding carboxylic acids is 3. The van der Waals surface area contributed by atoms with E-state index in [1.165, 1.54) is 0 Å². The maximum absolute atomic E-state index is 12.8. The number of carboxylic acids is 1. The van der Waals surface area contributed by atoms with Crippen molar-refractivity contribution < 1.29 is 29.0 Å². The van der Waals surface area contributed by atoms with Crippen LogP contribution in [0.25, 0.3) is 0 Å². The lowest BCUT2D eigenvalue weighted by molar-refractivity contribution is -0.147. The summed E-state index contributed by atoms with van der Waals surface area (Å²) in [6.45, 7) is 7.68. The molecule has 0 aromatic heterocycles. The lowest BCUT2D eigenvalue weighted by Gasteiger charge is -2.22. The molecule has 0 aromatic rings. The van der Waals surface area contributed by atoms with E-state index in [1.54, 1.807) is 13.8 Å². The summed E-state index contributed by atoms with van der Waals surface area (Å²) in [7, 11) is 0. The molecule has 32 heavy (non-hydrogen) atoms. The molecule has 1 N–H and O–H groups in total. The first-order valence-corrected chi connectivity index (χ1v) is 12.1. The van der Waals surface area contributed by atoms with Crippen LogP contribution in [0.1, 0.15) is 91.9 Å². The SMILES string of the molecule is CC(C)(CCCC1CCC(/C=C\C2CCC(CCCC(C)(C)C(=O)O)C2=O)C1=O)OC=O. The highest BCUT2D eigenvalue weighted by Crippen LogP contribution is 2.36. The van der Waals surface area contributed by atoms with E-state index in [1.807, 2.05) is 26.0 Å². The number of carbonyl (C=O) groups is 4. The zero-order valence-corrected chi connectivity index (χ0v) is 20.1. The number of hydrogen-bond donors (Lipinski definition) is 1. The minimum absolute atomic E-state index is 0.0122. The van der Waals surface area contributed by atoms with Crippen molar-refractivity contribution in [3.63, 3.8) is 0 Å². The average molecular weight is 449 g/mol. The highest BCUT2D eigenvalue weighted by atomic mass is 16.5. The zero-order chi connectivity index (χ0) is 23.9. The Kier molecular flexibility index (Phi) is 9.23. The lowest BCUT2D eigenvalue weighted by Crippen LogP contribution is -2.24. The Morgan fingerprint density at radius 1 is 0.906 bits per heavy atom. The fourth-order valence-electron chi connectivity index (χ4n) is 5.02. The van der Waals surface area contributed by atoms with E-state index in [0.717, 1.165) is 57.8 Å². The van der Waals surface area contributed by atoms with Crippen molar-refractivity contribution in [1.82, 2.24) is 0 Å². The molecule has 4 unspecified atom stereocenters. The van der Waals surface area contributed by atoms with Gasteiger partial charge in [-0.1, -0.05) is 18.6 Å². The van der Waals surface area contributed by atoms with Crippen molar-refractivity contribution >= 4 is 24.0 Å². The summed E-state index contributed by atoms with van der Waals surface area (Å²) in [4.78, 5) is 47.3. The molecular formula is C26H40O6. The molecule has 0 radical (unpaired) electrons. The summed E-state index contributed by atoms with van der Waals surface area (Å²) >= 11 is 0. The van der Waals surface area contributed by atoms with Gasteiger partial charge in [0.1, 0.15) is 17.2 Å². The largest absolute Gasteiger partial charge is 0.481 e. The second kappa shape index (κ2) is 11.2. The van der Waals surface area contributed by atoms with Crippen LogP contribution in [0.15, 0.2) is 12.2 Å². The van der Waals surface area contributed by atoms with Gasteiger partial charge in [0, 0.05) is 23.7 Å². The highest BCUT2D eigenvalue weighted by molar-refractivity contribution is 5.88. The van der Waals surface area contributed by atoms with Gasteiger partial charge in [0.05, 0.1) is 5.41 Å². The lowest BCUT2D eigenvalue weighted by atomic mass is 9.85. The van der Waals surface area contributed by atoms with Crippen LogP contribution in [-0.4, -0.2) is 34.7 Å². The average Bonchev–Trinajstić information content (AvgIpc) is 3.22. The molecule has 2 fully saturated rings. The van der Waals surface area contributed by atoms with Gasteiger partial charge in [0.2, 0.25) is 0 Å². The highest BCUT2D eigenvalue weighted by Gasteiger charge is 2.36. The van der Waals surface area contributed by atoms with Crippen molar-refractivity contribution in [2.75, 3.05) is 0 Å². The van der Waals surface area contributed by atoms with E-state index < -0.39 is 17.0 Å². The Morgan fingerprint density at radius 3 is 1.81 bits per heavy atom. The van der Waals surface area contributed by atoms with Gasteiger partial charge in [0.15, 0.2) is 0 Å².